The van der Waals surface area contributed by atoms with Crippen LogP contribution >= 0.6 is 11.8 Å². The zero-order valence-electron chi connectivity index (χ0n) is 16.7. The summed E-state index contributed by atoms with van der Waals surface area (Å²) in [6.45, 7) is 3.47. The maximum absolute atomic E-state index is 12.6. The average Bonchev–Trinajstić information content (AvgIpc) is 3.35. The molecule has 0 bridgehead atoms. The van der Waals surface area contributed by atoms with Crippen LogP contribution < -0.4 is 15.1 Å². The lowest BCUT2D eigenvalue weighted by Crippen LogP contribution is -2.42. The molecule has 30 heavy (non-hydrogen) atoms. The van der Waals surface area contributed by atoms with Gasteiger partial charge in [0.15, 0.2) is 0 Å². The van der Waals surface area contributed by atoms with E-state index in [-0.39, 0.29) is 42.0 Å². The highest BCUT2D eigenvalue weighted by atomic mass is 32.2. The largest absolute Gasteiger partial charge is 0.370 e. The fourth-order valence-electron chi connectivity index (χ4n) is 3.95. The van der Waals surface area contributed by atoms with Gasteiger partial charge in [-0.3, -0.25) is 14.4 Å². The van der Waals surface area contributed by atoms with Gasteiger partial charge in [-0.2, -0.15) is 0 Å². The minimum absolute atomic E-state index is 0.0311. The lowest BCUT2D eigenvalue weighted by Gasteiger charge is -2.29. The number of allylic oxidation sites excluding steroid dienone is 2. The zero-order chi connectivity index (χ0) is 21.3. The molecule has 0 radical (unpaired) electrons. The van der Waals surface area contributed by atoms with Crippen LogP contribution in [-0.4, -0.2) is 55.3 Å². The van der Waals surface area contributed by atoms with E-state index in [0.717, 1.165) is 21.8 Å². The van der Waals surface area contributed by atoms with Gasteiger partial charge in [0.25, 0.3) is 5.91 Å². The number of aryl methyl sites for hydroxylation is 1. The van der Waals surface area contributed by atoms with Crippen LogP contribution in [0.2, 0.25) is 0 Å². The van der Waals surface area contributed by atoms with Gasteiger partial charge in [0.2, 0.25) is 11.8 Å². The molecule has 2 fully saturated rings. The second-order valence-electron chi connectivity index (χ2n) is 7.54. The monoisotopic (exact) mass is 425 g/mol. The van der Waals surface area contributed by atoms with Crippen LogP contribution in [-0.2, 0) is 19.1 Å². The maximum atomic E-state index is 12.6. The number of morpholine rings is 1. The van der Waals surface area contributed by atoms with E-state index >= 15 is 0 Å². The van der Waals surface area contributed by atoms with Gasteiger partial charge >= 0.3 is 0 Å². The summed E-state index contributed by atoms with van der Waals surface area (Å²) in [7, 11) is 0. The van der Waals surface area contributed by atoms with Gasteiger partial charge in [-0.15, -0.1) is 18.2 Å². The molecule has 0 spiro atoms. The topological polar surface area (TPSA) is 79.0 Å². The molecule has 156 valence electrons. The molecule has 2 saturated heterocycles. The van der Waals surface area contributed by atoms with Crippen molar-refractivity contribution < 1.29 is 19.1 Å². The minimum atomic E-state index is -0.235. The molecule has 2 atom stereocenters. The Morgan fingerprint density at radius 3 is 2.83 bits per heavy atom. The summed E-state index contributed by atoms with van der Waals surface area (Å²) in [5, 5.41) is 2.76. The van der Waals surface area contributed by atoms with Crippen molar-refractivity contribution in [1.29, 1.82) is 0 Å². The molecule has 0 saturated carbocycles. The van der Waals surface area contributed by atoms with Crippen molar-refractivity contribution >= 4 is 40.9 Å². The van der Waals surface area contributed by atoms with Crippen molar-refractivity contribution in [3.05, 3.63) is 34.7 Å². The Bertz CT molecular complexity index is 968. The lowest BCUT2D eigenvalue weighted by atomic mass is 10.1. The summed E-state index contributed by atoms with van der Waals surface area (Å²) in [5.74, 6) is 2.38. The maximum Gasteiger partial charge on any atom is 0.253 e. The first-order chi connectivity index (χ1) is 14.5. The summed E-state index contributed by atoms with van der Waals surface area (Å²) < 4.78 is 5.19. The highest BCUT2D eigenvalue weighted by Crippen LogP contribution is 2.32. The Morgan fingerprint density at radius 1 is 1.30 bits per heavy atom. The van der Waals surface area contributed by atoms with Gasteiger partial charge in [0, 0.05) is 30.9 Å². The molecular weight excluding hydrogens is 402 g/mol. The number of nitrogens with one attached hydrogen (secondary N) is 1. The fourth-order valence-corrected chi connectivity index (χ4v) is 4.88. The number of nitrogens with zero attached hydrogens (tertiary/aromatic N) is 2. The molecule has 1 aromatic rings. The molecule has 0 aromatic heterocycles. The van der Waals surface area contributed by atoms with Crippen LogP contribution in [0, 0.1) is 19.3 Å². The van der Waals surface area contributed by atoms with E-state index in [1.807, 2.05) is 31.2 Å². The number of hydrogen-bond donors (Lipinski definition) is 1. The third-order valence-electron chi connectivity index (χ3n) is 5.46. The van der Waals surface area contributed by atoms with Crippen molar-refractivity contribution in [3.8, 4) is 12.3 Å². The molecule has 1 unspecified atom stereocenters. The standard InChI is InChI=1S/C22H23N3O4S/c1-3-17-5-7-19(30-17)22(28)23-15-11-20(26)25(12-15)16-4-6-18(14(2)10-16)24-8-9-29-13-21(24)27/h1,4-6,10,15,19H,7-9,11-13H2,2H3,(H,23,28)/t15-,19?/m1/s1. The molecule has 7 nitrogen and oxygen atoms in total. The van der Waals surface area contributed by atoms with E-state index in [1.54, 1.807) is 9.80 Å². The van der Waals surface area contributed by atoms with Crippen molar-refractivity contribution in [2.24, 2.45) is 0 Å². The van der Waals surface area contributed by atoms with Crippen LogP contribution in [0.1, 0.15) is 18.4 Å². The van der Waals surface area contributed by atoms with Gasteiger partial charge in [-0.25, -0.2) is 0 Å². The summed E-state index contributed by atoms with van der Waals surface area (Å²) in [6, 6.07) is 5.40. The number of carbonyl (C=O) groups excluding carboxylic acids is 3. The number of thioether (sulfide) groups is 1. The van der Waals surface area contributed by atoms with Crippen LogP contribution in [0.5, 0.6) is 0 Å². The molecule has 4 rings (SSSR count). The number of carbonyl (C=O) groups is 3. The number of hydrogen-bond acceptors (Lipinski definition) is 5. The second-order valence-corrected chi connectivity index (χ2v) is 8.78. The summed E-state index contributed by atoms with van der Waals surface area (Å²) in [6.07, 6.45) is 8.16. The molecule has 8 heteroatoms. The molecule has 3 amide bonds. The molecule has 3 heterocycles. The van der Waals surface area contributed by atoms with Gasteiger partial charge in [0.1, 0.15) is 6.61 Å². The summed E-state index contributed by atoms with van der Waals surface area (Å²) in [5.41, 5.74) is 2.52. The lowest BCUT2D eigenvalue weighted by molar-refractivity contribution is -0.125. The number of amides is 3. The van der Waals surface area contributed by atoms with Crippen molar-refractivity contribution in [2.75, 3.05) is 36.1 Å². The van der Waals surface area contributed by atoms with Crippen LogP contribution in [0.4, 0.5) is 11.4 Å². The average molecular weight is 426 g/mol. The number of ether oxygens (including phenoxy) is 1. The number of anilines is 2. The predicted molar refractivity (Wildman–Crippen MR) is 116 cm³/mol. The SMILES string of the molecule is C#CC1=CCC(C(=O)N[C@@H]2CC(=O)N(c3ccc(N4CCOCC4=O)c(C)c3)C2)S1. The number of benzene rings is 1. The van der Waals surface area contributed by atoms with Crippen LogP contribution in [0.25, 0.3) is 0 Å². The summed E-state index contributed by atoms with van der Waals surface area (Å²) >= 11 is 1.39. The van der Waals surface area contributed by atoms with E-state index in [1.165, 1.54) is 11.8 Å². The van der Waals surface area contributed by atoms with E-state index in [0.29, 0.717) is 26.1 Å². The normalized spacial score (nSPS) is 24.1. The first-order valence-corrected chi connectivity index (χ1v) is 10.8. The fraction of sp³-hybridized carbons (Fsp3) is 0.409. The van der Waals surface area contributed by atoms with Gasteiger partial charge in [0.05, 0.1) is 22.8 Å². The van der Waals surface area contributed by atoms with E-state index < -0.39 is 0 Å². The summed E-state index contributed by atoms with van der Waals surface area (Å²) in [4.78, 5) is 41.4. The smallest absolute Gasteiger partial charge is 0.253 e. The molecular formula is C22H23N3O4S. The van der Waals surface area contributed by atoms with Crippen molar-refractivity contribution in [2.45, 2.75) is 31.1 Å². The highest BCUT2D eigenvalue weighted by molar-refractivity contribution is 8.04. The quantitative estimate of drug-likeness (QED) is 0.742. The van der Waals surface area contributed by atoms with E-state index in [2.05, 4.69) is 11.2 Å². The second kappa shape index (κ2) is 8.54. The van der Waals surface area contributed by atoms with Crippen molar-refractivity contribution in [1.82, 2.24) is 5.32 Å². The van der Waals surface area contributed by atoms with Crippen LogP contribution in [0.15, 0.2) is 29.2 Å². The predicted octanol–water partition coefficient (Wildman–Crippen LogP) is 1.60. The molecule has 3 aliphatic rings. The Hall–Kier alpha value is -2.76. The Labute approximate surface area is 179 Å². The van der Waals surface area contributed by atoms with Crippen LogP contribution in [0.3, 0.4) is 0 Å². The molecule has 1 N–H and O–H groups in total. The minimum Gasteiger partial charge on any atom is -0.370 e. The number of rotatable bonds is 4. The molecule has 1 aromatic carbocycles. The van der Waals surface area contributed by atoms with E-state index in [4.69, 9.17) is 11.2 Å². The third-order valence-corrected chi connectivity index (χ3v) is 6.69. The van der Waals surface area contributed by atoms with Gasteiger partial charge in [-0.1, -0.05) is 12.0 Å². The molecule has 3 aliphatic heterocycles. The molecule has 0 aliphatic carbocycles. The van der Waals surface area contributed by atoms with Gasteiger partial charge in [-0.05, 0) is 37.1 Å². The first-order valence-electron chi connectivity index (χ1n) is 9.89. The van der Waals surface area contributed by atoms with Gasteiger partial charge < -0.3 is 19.9 Å². The number of terminal acetylenes is 1. The Kier molecular flexibility index (Phi) is 5.84. The Morgan fingerprint density at radius 2 is 2.13 bits per heavy atom. The Balaban J connectivity index is 1.41. The highest BCUT2D eigenvalue weighted by Gasteiger charge is 2.34. The third kappa shape index (κ3) is 4.09. The van der Waals surface area contributed by atoms with E-state index in [9.17, 15) is 14.4 Å². The van der Waals surface area contributed by atoms with Crippen molar-refractivity contribution in [3.63, 3.8) is 0 Å². The zero-order valence-corrected chi connectivity index (χ0v) is 17.5. The first kappa shape index (κ1) is 20.5.